The van der Waals surface area contributed by atoms with Crippen molar-refractivity contribution in [3.8, 4) is 0 Å². The van der Waals surface area contributed by atoms with Gasteiger partial charge in [-0.1, -0.05) is 0 Å². The standard InChI is InChI=1S/C6H8O2.H3N/c1-5-2-3-6(4-7)8-5;/h2-3,7H,4H2,1H3;1H3. The highest BCUT2D eigenvalue weighted by Gasteiger charge is 1.92. The monoisotopic (exact) mass is 129 g/mol. The van der Waals surface area contributed by atoms with Crippen LogP contribution in [0.25, 0.3) is 0 Å². The van der Waals surface area contributed by atoms with Gasteiger partial charge in [-0.15, -0.1) is 0 Å². The van der Waals surface area contributed by atoms with Crippen LogP contribution in [0.15, 0.2) is 16.5 Å². The Bertz CT molecular complexity index is 171. The van der Waals surface area contributed by atoms with E-state index >= 15 is 0 Å². The van der Waals surface area contributed by atoms with Crippen LogP contribution in [0.3, 0.4) is 0 Å². The molecule has 0 aromatic carbocycles. The van der Waals surface area contributed by atoms with E-state index in [0.717, 1.165) is 5.76 Å². The first kappa shape index (κ1) is 8.20. The van der Waals surface area contributed by atoms with Gasteiger partial charge in [0.15, 0.2) is 0 Å². The Balaban J connectivity index is 0.000000640. The molecule has 4 N–H and O–H groups in total. The molecule has 1 rings (SSSR count). The molecule has 0 atom stereocenters. The SMILES string of the molecule is Cc1ccc(CO)o1.N. The van der Waals surface area contributed by atoms with Crippen LogP contribution < -0.4 is 6.15 Å². The number of aliphatic hydroxyl groups excluding tert-OH is 1. The van der Waals surface area contributed by atoms with Crippen molar-refractivity contribution >= 4 is 0 Å². The smallest absolute Gasteiger partial charge is 0.129 e. The van der Waals surface area contributed by atoms with Crippen molar-refractivity contribution in [3.63, 3.8) is 0 Å². The van der Waals surface area contributed by atoms with E-state index in [4.69, 9.17) is 9.52 Å². The molecule has 0 aliphatic rings. The molecule has 3 nitrogen and oxygen atoms in total. The van der Waals surface area contributed by atoms with Crippen molar-refractivity contribution in [1.29, 1.82) is 0 Å². The Morgan fingerprint density at radius 2 is 2.22 bits per heavy atom. The average Bonchev–Trinajstić information content (AvgIpc) is 2.14. The lowest BCUT2D eigenvalue weighted by atomic mass is 10.4. The molecule has 0 aliphatic carbocycles. The molecular formula is C6H11NO2. The molecule has 0 amide bonds. The molecule has 0 fully saturated rings. The Morgan fingerprint density at radius 3 is 2.44 bits per heavy atom. The zero-order valence-corrected chi connectivity index (χ0v) is 5.42. The second kappa shape index (κ2) is 3.27. The van der Waals surface area contributed by atoms with E-state index in [-0.39, 0.29) is 12.8 Å². The summed E-state index contributed by atoms with van der Waals surface area (Å²) in [5.74, 6) is 1.47. The summed E-state index contributed by atoms with van der Waals surface area (Å²) in [5.41, 5.74) is 0. The summed E-state index contributed by atoms with van der Waals surface area (Å²) in [6.07, 6.45) is 0. The third kappa shape index (κ3) is 1.87. The lowest BCUT2D eigenvalue weighted by Crippen LogP contribution is -1.73. The van der Waals surface area contributed by atoms with Crippen LogP contribution in [-0.4, -0.2) is 5.11 Å². The summed E-state index contributed by atoms with van der Waals surface area (Å²) in [7, 11) is 0. The van der Waals surface area contributed by atoms with Crippen molar-refractivity contribution in [2.24, 2.45) is 0 Å². The first-order valence-corrected chi connectivity index (χ1v) is 2.49. The second-order valence-corrected chi connectivity index (χ2v) is 1.67. The summed E-state index contributed by atoms with van der Waals surface area (Å²) >= 11 is 0. The van der Waals surface area contributed by atoms with Crippen molar-refractivity contribution in [3.05, 3.63) is 23.7 Å². The van der Waals surface area contributed by atoms with Gasteiger partial charge >= 0.3 is 0 Å². The van der Waals surface area contributed by atoms with Crippen molar-refractivity contribution in [2.45, 2.75) is 13.5 Å². The van der Waals surface area contributed by atoms with Crippen LogP contribution in [0.2, 0.25) is 0 Å². The number of hydrogen-bond acceptors (Lipinski definition) is 3. The first-order valence-electron chi connectivity index (χ1n) is 2.49. The molecule has 1 heterocycles. The van der Waals surface area contributed by atoms with Gasteiger partial charge in [-0.05, 0) is 19.1 Å². The fourth-order valence-electron chi connectivity index (χ4n) is 0.570. The maximum absolute atomic E-state index is 8.46. The lowest BCUT2D eigenvalue weighted by molar-refractivity contribution is 0.245. The van der Waals surface area contributed by atoms with Gasteiger partial charge in [0.2, 0.25) is 0 Å². The number of aryl methyl sites for hydroxylation is 1. The Labute approximate surface area is 53.9 Å². The Hall–Kier alpha value is -0.800. The molecule has 0 bridgehead atoms. The molecule has 0 saturated heterocycles. The quantitative estimate of drug-likeness (QED) is 0.599. The van der Waals surface area contributed by atoms with E-state index in [1.54, 1.807) is 6.07 Å². The predicted molar refractivity (Wildman–Crippen MR) is 34.4 cm³/mol. The summed E-state index contributed by atoms with van der Waals surface area (Å²) in [4.78, 5) is 0. The van der Waals surface area contributed by atoms with E-state index in [2.05, 4.69) is 0 Å². The highest BCUT2D eigenvalue weighted by atomic mass is 16.4. The fraction of sp³-hybridized carbons (Fsp3) is 0.333. The maximum atomic E-state index is 8.46. The largest absolute Gasteiger partial charge is 0.464 e. The van der Waals surface area contributed by atoms with Crippen LogP contribution in [0.1, 0.15) is 11.5 Å². The fourth-order valence-corrected chi connectivity index (χ4v) is 0.570. The zero-order chi connectivity index (χ0) is 5.98. The van der Waals surface area contributed by atoms with Gasteiger partial charge < -0.3 is 15.7 Å². The lowest BCUT2D eigenvalue weighted by Gasteiger charge is -1.82. The van der Waals surface area contributed by atoms with Gasteiger partial charge in [0.25, 0.3) is 0 Å². The maximum Gasteiger partial charge on any atom is 0.129 e. The summed E-state index contributed by atoms with van der Waals surface area (Å²) < 4.78 is 4.98. The van der Waals surface area contributed by atoms with E-state index in [0.29, 0.717) is 5.76 Å². The Kier molecular flexibility index (Phi) is 2.98. The van der Waals surface area contributed by atoms with E-state index in [1.165, 1.54) is 0 Å². The minimum absolute atomic E-state index is 0. The van der Waals surface area contributed by atoms with Gasteiger partial charge in [0.1, 0.15) is 18.1 Å². The van der Waals surface area contributed by atoms with Gasteiger partial charge in [0, 0.05) is 0 Å². The minimum atomic E-state index is -0.00611. The second-order valence-electron chi connectivity index (χ2n) is 1.67. The first-order chi connectivity index (χ1) is 3.83. The van der Waals surface area contributed by atoms with Crippen LogP contribution in [-0.2, 0) is 6.61 Å². The molecule has 1 aromatic rings. The summed E-state index contributed by atoms with van der Waals surface area (Å²) in [5, 5.41) is 8.46. The van der Waals surface area contributed by atoms with Gasteiger partial charge in [0.05, 0.1) is 0 Å². The third-order valence-corrected chi connectivity index (χ3v) is 0.952. The van der Waals surface area contributed by atoms with E-state index in [1.807, 2.05) is 13.0 Å². The molecule has 0 saturated carbocycles. The topological polar surface area (TPSA) is 68.4 Å². The third-order valence-electron chi connectivity index (χ3n) is 0.952. The average molecular weight is 129 g/mol. The van der Waals surface area contributed by atoms with Crippen LogP contribution in [0.4, 0.5) is 0 Å². The molecule has 9 heavy (non-hydrogen) atoms. The van der Waals surface area contributed by atoms with Crippen molar-refractivity contribution < 1.29 is 9.52 Å². The molecule has 3 heteroatoms. The van der Waals surface area contributed by atoms with Gasteiger partial charge in [-0.3, -0.25) is 0 Å². The highest BCUT2D eigenvalue weighted by molar-refractivity contribution is 5.03. The number of furan rings is 1. The summed E-state index contributed by atoms with van der Waals surface area (Å²) in [6, 6.07) is 3.58. The molecule has 1 aromatic heterocycles. The molecular weight excluding hydrogens is 118 g/mol. The predicted octanol–water partition coefficient (Wildman–Crippen LogP) is 1.24. The zero-order valence-electron chi connectivity index (χ0n) is 5.42. The van der Waals surface area contributed by atoms with E-state index < -0.39 is 0 Å². The van der Waals surface area contributed by atoms with Crippen molar-refractivity contribution in [2.75, 3.05) is 0 Å². The molecule has 0 aliphatic heterocycles. The minimum Gasteiger partial charge on any atom is -0.464 e. The summed E-state index contributed by atoms with van der Waals surface area (Å²) in [6.45, 7) is 1.84. The van der Waals surface area contributed by atoms with Crippen LogP contribution >= 0.6 is 0 Å². The van der Waals surface area contributed by atoms with Crippen LogP contribution in [0, 0.1) is 6.92 Å². The van der Waals surface area contributed by atoms with Gasteiger partial charge in [-0.2, -0.15) is 0 Å². The van der Waals surface area contributed by atoms with E-state index in [9.17, 15) is 0 Å². The van der Waals surface area contributed by atoms with Crippen LogP contribution in [0.5, 0.6) is 0 Å². The van der Waals surface area contributed by atoms with Crippen molar-refractivity contribution in [1.82, 2.24) is 6.15 Å². The Morgan fingerprint density at radius 1 is 1.56 bits per heavy atom. The number of hydrogen-bond donors (Lipinski definition) is 2. The number of rotatable bonds is 1. The normalized spacial score (nSPS) is 8.67. The number of aliphatic hydroxyl groups is 1. The van der Waals surface area contributed by atoms with Gasteiger partial charge in [-0.25, -0.2) is 0 Å². The molecule has 0 spiro atoms. The molecule has 0 radical (unpaired) electrons. The molecule has 0 unspecified atom stereocenters. The molecule has 52 valence electrons. The highest BCUT2D eigenvalue weighted by Crippen LogP contribution is 2.04.